The average molecular weight is 285 g/mol. The van der Waals surface area contributed by atoms with Gasteiger partial charge >= 0.3 is 0 Å². The molecule has 0 saturated carbocycles. The van der Waals surface area contributed by atoms with Crippen molar-refractivity contribution < 1.29 is 0 Å². The summed E-state index contributed by atoms with van der Waals surface area (Å²) in [7, 11) is 2.20. The predicted octanol–water partition coefficient (Wildman–Crippen LogP) is 2.68. The van der Waals surface area contributed by atoms with Crippen LogP contribution in [0, 0.1) is 6.92 Å². The highest BCUT2D eigenvalue weighted by Crippen LogP contribution is 2.27. The first kappa shape index (κ1) is 14.1. The van der Waals surface area contributed by atoms with Crippen molar-refractivity contribution in [3.63, 3.8) is 0 Å². The molecular formula is C16H23N5. The maximum Gasteiger partial charge on any atom is 0.183 e. The van der Waals surface area contributed by atoms with E-state index in [0.29, 0.717) is 6.04 Å². The molecule has 2 N–H and O–H groups in total. The van der Waals surface area contributed by atoms with Gasteiger partial charge in [-0.05, 0) is 58.5 Å². The Labute approximate surface area is 125 Å². The molecule has 1 fully saturated rings. The van der Waals surface area contributed by atoms with Crippen molar-refractivity contribution in [3.8, 4) is 11.4 Å². The Hall–Kier alpha value is -1.88. The highest BCUT2D eigenvalue weighted by atomic mass is 15.2. The predicted molar refractivity (Wildman–Crippen MR) is 85.3 cm³/mol. The maximum atomic E-state index is 4.45. The molecule has 0 amide bonds. The molecule has 1 aromatic carbocycles. The Kier molecular flexibility index (Phi) is 4.20. The van der Waals surface area contributed by atoms with E-state index in [1.54, 1.807) is 0 Å². The van der Waals surface area contributed by atoms with E-state index < -0.39 is 0 Å². The average Bonchev–Trinajstić information content (AvgIpc) is 2.81. The molecule has 1 saturated heterocycles. The number of nitrogens with zero attached hydrogens (tertiary/aromatic N) is 3. The van der Waals surface area contributed by atoms with Crippen molar-refractivity contribution in [2.24, 2.45) is 0 Å². The molecule has 0 bridgehead atoms. The lowest BCUT2D eigenvalue weighted by molar-refractivity contribution is 0.348. The third-order valence-corrected chi connectivity index (χ3v) is 4.08. The quantitative estimate of drug-likeness (QED) is 0.910. The summed E-state index contributed by atoms with van der Waals surface area (Å²) < 4.78 is 0. The van der Waals surface area contributed by atoms with Gasteiger partial charge in [0.05, 0.1) is 0 Å². The number of hydrogen-bond donors (Lipinski definition) is 2. The van der Waals surface area contributed by atoms with Gasteiger partial charge in [-0.3, -0.25) is 5.10 Å². The largest absolute Gasteiger partial charge is 0.382 e. The van der Waals surface area contributed by atoms with E-state index >= 15 is 0 Å². The number of nitrogens with one attached hydrogen (secondary N) is 2. The summed E-state index contributed by atoms with van der Waals surface area (Å²) in [4.78, 5) is 6.86. The number of aromatic amines is 1. The van der Waals surface area contributed by atoms with Gasteiger partial charge in [0.15, 0.2) is 5.82 Å². The van der Waals surface area contributed by atoms with Crippen LogP contribution in [0.25, 0.3) is 11.4 Å². The van der Waals surface area contributed by atoms with Crippen molar-refractivity contribution in [2.45, 2.75) is 32.2 Å². The first-order valence-corrected chi connectivity index (χ1v) is 7.66. The van der Waals surface area contributed by atoms with Crippen LogP contribution >= 0.6 is 0 Å². The number of aromatic nitrogens is 3. The van der Waals surface area contributed by atoms with Crippen LogP contribution in [0.15, 0.2) is 24.3 Å². The molecule has 112 valence electrons. The number of hydrogen-bond acceptors (Lipinski definition) is 4. The van der Waals surface area contributed by atoms with Crippen molar-refractivity contribution >= 4 is 5.69 Å². The van der Waals surface area contributed by atoms with Crippen LogP contribution in [0.2, 0.25) is 0 Å². The summed E-state index contributed by atoms with van der Waals surface area (Å²) in [6.45, 7) is 4.27. The number of anilines is 1. The van der Waals surface area contributed by atoms with E-state index in [4.69, 9.17) is 0 Å². The summed E-state index contributed by atoms with van der Waals surface area (Å²) in [5.41, 5.74) is 2.20. The van der Waals surface area contributed by atoms with Gasteiger partial charge in [0.25, 0.3) is 0 Å². The van der Waals surface area contributed by atoms with E-state index in [0.717, 1.165) is 29.4 Å². The van der Waals surface area contributed by atoms with E-state index in [1.165, 1.54) is 25.8 Å². The van der Waals surface area contributed by atoms with Gasteiger partial charge in [0.2, 0.25) is 0 Å². The van der Waals surface area contributed by atoms with Crippen LogP contribution in [-0.4, -0.2) is 46.3 Å². The molecule has 5 nitrogen and oxygen atoms in total. The lowest BCUT2D eigenvalue weighted by atomic mass is 10.1. The number of H-pyrrole nitrogens is 1. The molecule has 1 unspecified atom stereocenters. The fraction of sp³-hybridized carbons (Fsp3) is 0.500. The van der Waals surface area contributed by atoms with Crippen LogP contribution in [0.4, 0.5) is 5.69 Å². The molecule has 3 rings (SSSR count). The zero-order valence-electron chi connectivity index (χ0n) is 12.8. The van der Waals surface area contributed by atoms with Gasteiger partial charge in [-0.25, -0.2) is 4.98 Å². The molecule has 1 aliphatic heterocycles. The molecular weight excluding hydrogens is 262 g/mol. The second-order valence-corrected chi connectivity index (χ2v) is 5.87. The molecule has 21 heavy (non-hydrogen) atoms. The van der Waals surface area contributed by atoms with E-state index in [9.17, 15) is 0 Å². The van der Waals surface area contributed by atoms with E-state index in [-0.39, 0.29) is 0 Å². The minimum atomic E-state index is 0.524. The van der Waals surface area contributed by atoms with Crippen molar-refractivity contribution in [1.29, 1.82) is 0 Å². The minimum Gasteiger partial charge on any atom is -0.382 e. The maximum absolute atomic E-state index is 4.45. The zero-order chi connectivity index (χ0) is 14.7. The van der Waals surface area contributed by atoms with Gasteiger partial charge in [0.1, 0.15) is 5.82 Å². The Morgan fingerprint density at radius 3 is 2.90 bits per heavy atom. The van der Waals surface area contributed by atoms with Gasteiger partial charge in [-0.2, -0.15) is 5.10 Å². The number of likely N-dealkylation sites (tertiary alicyclic amines) is 1. The number of aryl methyl sites for hydroxylation is 1. The lowest BCUT2D eigenvalue weighted by Gasteiger charge is -2.19. The smallest absolute Gasteiger partial charge is 0.183 e. The lowest BCUT2D eigenvalue weighted by Crippen LogP contribution is -2.23. The Bertz CT molecular complexity index is 592. The van der Waals surface area contributed by atoms with Gasteiger partial charge in [-0.1, -0.05) is 12.1 Å². The molecule has 1 atom stereocenters. The number of para-hydroxylation sites is 1. The van der Waals surface area contributed by atoms with Crippen LogP contribution in [-0.2, 0) is 0 Å². The summed E-state index contributed by atoms with van der Waals surface area (Å²) in [6.07, 6.45) is 3.64. The third-order valence-electron chi connectivity index (χ3n) is 4.08. The molecule has 1 aromatic heterocycles. The number of benzene rings is 1. The standard InChI is InChI=1S/C16H23N5/c1-12-17-16(20-19-12)14-7-3-4-8-15(14)18-13-6-5-10-21(2)11-9-13/h3-4,7-8,13,18H,5-6,9-11H2,1-2H3,(H,17,19,20). The van der Waals surface area contributed by atoms with Gasteiger partial charge < -0.3 is 10.2 Å². The first-order chi connectivity index (χ1) is 10.2. The fourth-order valence-corrected chi connectivity index (χ4v) is 2.87. The van der Waals surface area contributed by atoms with Crippen molar-refractivity contribution in [3.05, 3.63) is 30.1 Å². The summed E-state index contributed by atoms with van der Waals surface area (Å²) in [5, 5.41) is 10.9. The first-order valence-electron chi connectivity index (χ1n) is 7.66. The highest BCUT2D eigenvalue weighted by Gasteiger charge is 2.17. The molecule has 0 aliphatic carbocycles. The summed E-state index contributed by atoms with van der Waals surface area (Å²) in [6, 6.07) is 8.82. The SMILES string of the molecule is Cc1nc(-c2ccccc2NC2CCCN(C)CC2)n[nH]1. The molecule has 0 spiro atoms. The third kappa shape index (κ3) is 3.42. The highest BCUT2D eigenvalue weighted by molar-refractivity contribution is 5.73. The Morgan fingerprint density at radius 2 is 2.10 bits per heavy atom. The number of rotatable bonds is 3. The van der Waals surface area contributed by atoms with Crippen LogP contribution in [0.3, 0.4) is 0 Å². The molecule has 2 heterocycles. The molecule has 1 aliphatic rings. The van der Waals surface area contributed by atoms with Crippen molar-refractivity contribution in [1.82, 2.24) is 20.1 Å². The van der Waals surface area contributed by atoms with Crippen LogP contribution in [0.1, 0.15) is 25.1 Å². The minimum absolute atomic E-state index is 0.524. The fourth-order valence-electron chi connectivity index (χ4n) is 2.87. The summed E-state index contributed by atoms with van der Waals surface area (Å²) in [5.74, 6) is 1.61. The van der Waals surface area contributed by atoms with E-state index in [1.807, 2.05) is 13.0 Å². The second kappa shape index (κ2) is 6.26. The van der Waals surface area contributed by atoms with E-state index in [2.05, 4.69) is 50.6 Å². The van der Waals surface area contributed by atoms with Crippen LogP contribution < -0.4 is 5.32 Å². The van der Waals surface area contributed by atoms with Crippen LogP contribution in [0.5, 0.6) is 0 Å². The van der Waals surface area contributed by atoms with Gasteiger partial charge in [-0.15, -0.1) is 0 Å². The molecule has 0 radical (unpaired) electrons. The van der Waals surface area contributed by atoms with Gasteiger partial charge in [0, 0.05) is 17.3 Å². The molecule has 2 aromatic rings. The zero-order valence-corrected chi connectivity index (χ0v) is 12.8. The van der Waals surface area contributed by atoms with Crippen molar-refractivity contribution in [2.75, 3.05) is 25.5 Å². The Morgan fingerprint density at radius 1 is 1.24 bits per heavy atom. The summed E-state index contributed by atoms with van der Waals surface area (Å²) >= 11 is 0. The second-order valence-electron chi connectivity index (χ2n) is 5.87. The topological polar surface area (TPSA) is 56.8 Å². The molecule has 5 heteroatoms. The Balaban J connectivity index is 1.79. The monoisotopic (exact) mass is 285 g/mol. The normalized spacial score (nSPS) is 20.2.